The second kappa shape index (κ2) is 29.1. The fraction of sp³-hybridized carbons (Fsp3) is 0.814. The van der Waals surface area contributed by atoms with E-state index < -0.39 is 155 Å². The van der Waals surface area contributed by atoms with E-state index >= 15 is 0 Å². The summed E-state index contributed by atoms with van der Waals surface area (Å²) in [5, 5.41) is 36.6. The molecule has 7 unspecified atom stereocenters. The van der Waals surface area contributed by atoms with Crippen LogP contribution in [0.5, 0.6) is 0 Å². The summed E-state index contributed by atoms with van der Waals surface area (Å²) >= 11 is 0. The van der Waals surface area contributed by atoms with E-state index in [0.717, 1.165) is 0 Å². The second-order valence-corrected chi connectivity index (χ2v) is 16.9. The summed E-state index contributed by atoms with van der Waals surface area (Å²) in [6.45, 7) is 1.64. The Morgan fingerprint density at radius 1 is 0.492 bits per heavy atom. The molecule has 0 radical (unpaired) electrons. The summed E-state index contributed by atoms with van der Waals surface area (Å²) in [6.07, 6.45) is 0.935. The molecule has 0 heterocycles. The van der Waals surface area contributed by atoms with Crippen LogP contribution in [0.4, 0.5) is 0 Å². The maximum absolute atomic E-state index is 13.9. The highest BCUT2D eigenvalue weighted by molar-refractivity contribution is 5.83. The molecular weight excluding hydrogens is 836 g/mol. The van der Waals surface area contributed by atoms with Gasteiger partial charge in [-0.3, -0.25) is 38.4 Å². The van der Waals surface area contributed by atoms with Gasteiger partial charge in [-0.1, -0.05) is 27.7 Å². The lowest BCUT2D eigenvalue weighted by Gasteiger charge is -2.36. The number of aliphatic hydroxyl groups is 4. The number of hydrogen-bond acceptors (Lipinski definition) is 20. The lowest BCUT2D eigenvalue weighted by atomic mass is 9.74. The lowest BCUT2D eigenvalue weighted by Crippen LogP contribution is -2.46. The molecule has 0 aromatic carbocycles. The van der Waals surface area contributed by atoms with Crippen molar-refractivity contribution in [1.29, 1.82) is 0 Å². The van der Waals surface area contributed by atoms with Crippen LogP contribution in [0.2, 0.25) is 0 Å². The fourth-order valence-electron chi connectivity index (χ4n) is 7.60. The third-order valence-corrected chi connectivity index (χ3v) is 11.0. The molecule has 63 heavy (non-hydrogen) atoms. The van der Waals surface area contributed by atoms with Crippen molar-refractivity contribution in [2.75, 3.05) is 79.3 Å². The fourth-order valence-corrected chi connectivity index (χ4v) is 7.60. The van der Waals surface area contributed by atoms with E-state index in [0.29, 0.717) is 12.8 Å². The van der Waals surface area contributed by atoms with Gasteiger partial charge in [0.05, 0.1) is 75.3 Å². The summed E-state index contributed by atoms with van der Waals surface area (Å²) in [6, 6.07) is 0. The van der Waals surface area contributed by atoms with Crippen LogP contribution in [0.1, 0.15) is 91.9 Å². The van der Waals surface area contributed by atoms with Gasteiger partial charge in [0.1, 0.15) is 58.3 Å². The SMILES string of the molecule is CC(C)CC(CC(=O)OCC(COC(=O)CCC(=O)OCCO)(COC(=O)C1CCC(C)CC1C(=O)OCCO)COC(=O)C1CCC(C)CC1C(=O)OCCO)C(=O)OCCO. The van der Waals surface area contributed by atoms with Crippen LogP contribution in [-0.2, 0) is 76.3 Å². The van der Waals surface area contributed by atoms with Gasteiger partial charge in [-0.15, -0.1) is 0 Å². The van der Waals surface area contributed by atoms with Crippen molar-refractivity contribution >= 4 is 47.8 Å². The highest BCUT2D eigenvalue weighted by Crippen LogP contribution is 2.38. The molecule has 0 spiro atoms. The molecule has 0 saturated heterocycles. The minimum absolute atomic E-state index is 0.0481. The summed E-state index contributed by atoms with van der Waals surface area (Å²) in [5.74, 6) is -11.4. The summed E-state index contributed by atoms with van der Waals surface area (Å²) in [7, 11) is 0. The first-order valence-electron chi connectivity index (χ1n) is 21.7. The highest BCUT2D eigenvalue weighted by Gasteiger charge is 2.45. The predicted molar refractivity (Wildman–Crippen MR) is 215 cm³/mol. The van der Waals surface area contributed by atoms with Gasteiger partial charge in [-0.2, -0.15) is 0 Å². The molecule has 4 N–H and O–H groups in total. The van der Waals surface area contributed by atoms with Gasteiger partial charge in [0, 0.05) is 0 Å². The molecule has 7 atom stereocenters. The van der Waals surface area contributed by atoms with Gasteiger partial charge in [0.15, 0.2) is 0 Å². The standard InChI is InChI=1S/C43H68O20/c1-27(2)19-30(38(51)57-16-12-45)22-37(50)61-24-43(23-60-36(49)10-9-35(48)56-15-11-44,25-62-39(52)31-7-5-28(3)20-33(31)41(54)58-17-13-46)26-63-40(53)32-8-6-29(4)21-34(32)42(55)59-18-14-47/h27-34,44-47H,5-26H2,1-4H3. The Kier molecular flexibility index (Phi) is 25.3. The second-order valence-electron chi connectivity index (χ2n) is 16.9. The molecule has 2 rings (SSSR count). The first-order chi connectivity index (χ1) is 30.0. The van der Waals surface area contributed by atoms with Crippen molar-refractivity contribution in [2.24, 2.45) is 52.8 Å². The molecule has 0 bridgehead atoms. The molecule has 0 aliphatic heterocycles. The molecule has 20 heteroatoms. The number of esters is 8. The van der Waals surface area contributed by atoms with Crippen LogP contribution in [0, 0.1) is 52.8 Å². The average molecular weight is 905 g/mol. The van der Waals surface area contributed by atoms with Gasteiger partial charge >= 0.3 is 47.8 Å². The molecule has 360 valence electrons. The zero-order valence-electron chi connectivity index (χ0n) is 37.0. The van der Waals surface area contributed by atoms with E-state index in [1.807, 2.05) is 27.7 Å². The molecule has 2 aliphatic rings. The van der Waals surface area contributed by atoms with Gasteiger partial charge in [0.2, 0.25) is 0 Å². The molecule has 2 fully saturated rings. The topological polar surface area (TPSA) is 291 Å². The smallest absolute Gasteiger partial charge is 0.309 e. The van der Waals surface area contributed by atoms with Crippen molar-refractivity contribution < 1.29 is 96.7 Å². The molecule has 0 amide bonds. The van der Waals surface area contributed by atoms with Crippen LogP contribution in [0.25, 0.3) is 0 Å². The summed E-state index contributed by atoms with van der Waals surface area (Å²) < 4.78 is 43.1. The summed E-state index contributed by atoms with van der Waals surface area (Å²) in [5.41, 5.74) is -1.86. The number of rotatable bonds is 28. The van der Waals surface area contributed by atoms with Gasteiger partial charge in [-0.05, 0) is 62.7 Å². The van der Waals surface area contributed by atoms with Gasteiger partial charge < -0.3 is 58.3 Å². The average Bonchev–Trinajstić information content (AvgIpc) is 3.26. The first kappa shape index (κ1) is 54.7. The maximum atomic E-state index is 13.9. The molecule has 2 saturated carbocycles. The molecule has 0 aromatic heterocycles. The maximum Gasteiger partial charge on any atom is 0.309 e. The first-order valence-corrected chi connectivity index (χ1v) is 21.7. The largest absolute Gasteiger partial charge is 0.465 e. The van der Waals surface area contributed by atoms with Crippen LogP contribution in [0.15, 0.2) is 0 Å². The quantitative estimate of drug-likeness (QED) is 0.0634. The van der Waals surface area contributed by atoms with Crippen molar-refractivity contribution in [1.82, 2.24) is 0 Å². The van der Waals surface area contributed by atoms with Crippen LogP contribution in [0.3, 0.4) is 0 Å². The lowest BCUT2D eigenvalue weighted by molar-refractivity contribution is -0.181. The van der Waals surface area contributed by atoms with Crippen molar-refractivity contribution in [3.63, 3.8) is 0 Å². The molecule has 20 nitrogen and oxygen atoms in total. The van der Waals surface area contributed by atoms with E-state index in [-0.39, 0.29) is 76.3 Å². The van der Waals surface area contributed by atoms with Crippen LogP contribution < -0.4 is 0 Å². The number of aliphatic hydroxyl groups excluding tert-OH is 4. The zero-order valence-corrected chi connectivity index (χ0v) is 37.0. The van der Waals surface area contributed by atoms with E-state index in [9.17, 15) is 48.6 Å². The van der Waals surface area contributed by atoms with Gasteiger partial charge in [-0.25, -0.2) is 0 Å². The Labute approximate surface area is 367 Å². The minimum atomic E-state index is -1.86. The predicted octanol–water partition coefficient (Wildman–Crippen LogP) is 1.23. The number of hydrogen-bond donors (Lipinski definition) is 4. The summed E-state index contributed by atoms with van der Waals surface area (Å²) in [4.78, 5) is 105. The number of carbonyl (C=O) groups is 8. The number of ether oxygens (including phenoxy) is 8. The van der Waals surface area contributed by atoms with Crippen LogP contribution >= 0.6 is 0 Å². The molecule has 2 aliphatic carbocycles. The van der Waals surface area contributed by atoms with Gasteiger partial charge in [0.25, 0.3) is 0 Å². The third kappa shape index (κ3) is 19.9. The molecular formula is C43H68O20. The Hall–Kier alpha value is -4.40. The van der Waals surface area contributed by atoms with Crippen molar-refractivity contribution in [3.8, 4) is 0 Å². The van der Waals surface area contributed by atoms with E-state index in [4.69, 9.17) is 48.1 Å². The highest BCUT2D eigenvalue weighted by atomic mass is 16.6. The van der Waals surface area contributed by atoms with Crippen molar-refractivity contribution in [2.45, 2.75) is 91.9 Å². The van der Waals surface area contributed by atoms with E-state index in [1.54, 1.807) is 0 Å². The van der Waals surface area contributed by atoms with E-state index in [1.165, 1.54) is 0 Å². The van der Waals surface area contributed by atoms with E-state index in [2.05, 4.69) is 0 Å². The monoisotopic (exact) mass is 904 g/mol. The Morgan fingerprint density at radius 3 is 1.32 bits per heavy atom. The van der Waals surface area contributed by atoms with Crippen LogP contribution in [-0.4, -0.2) is 147 Å². The minimum Gasteiger partial charge on any atom is -0.465 e. The zero-order chi connectivity index (χ0) is 47.0. The Morgan fingerprint density at radius 2 is 0.873 bits per heavy atom. The van der Waals surface area contributed by atoms with Crippen molar-refractivity contribution in [3.05, 3.63) is 0 Å². The number of carbonyl (C=O) groups excluding carboxylic acids is 8. The Bertz CT molecular complexity index is 1420. The normalized spacial score (nSPS) is 22.4. The molecule has 0 aromatic rings. The third-order valence-electron chi connectivity index (χ3n) is 11.0. The Balaban J connectivity index is 2.53.